The summed E-state index contributed by atoms with van der Waals surface area (Å²) < 4.78 is 3.81. The Morgan fingerprint density at radius 3 is 2.34 bits per heavy atom. The molecular formula is C37H41N2S2+. The molecule has 0 atom stereocenters. The van der Waals surface area contributed by atoms with E-state index in [-0.39, 0.29) is 10.8 Å². The molecule has 0 unspecified atom stereocenters. The van der Waals surface area contributed by atoms with Crippen molar-refractivity contribution in [3.05, 3.63) is 117 Å². The van der Waals surface area contributed by atoms with Crippen molar-refractivity contribution in [2.75, 3.05) is 5.32 Å². The van der Waals surface area contributed by atoms with Gasteiger partial charge in [0.1, 0.15) is 11.2 Å². The Balaban J connectivity index is 1.24. The number of nitrogens with zero attached hydrogens (tertiary/aromatic N) is 1. The van der Waals surface area contributed by atoms with E-state index in [1.807, 2.05) is 23.1 Å². The highest BCUT2D eigenvalue weighted by Gasteiger charge is 2.27. The molecule has 0 saturated heterocycles. The number of fused-ring (bicyclic) bond motifs is 2. The molecule has 0 spiro atoms. The molecule has 0 saturated carbocycles. The molecule has 6 rings (SSSR count). The molecule has 0 fully saturated rings. The second-order valence-corrected chi connectivity index (χ2v) is 15.3. The number of hydrogen-bond acceptors (Lipinski definition) is 3. The zero-order valence-electron chi connectivity index (χ0n) is 25.0. The lowest BCUT2D eigenvalue weighted by Gasteiger charge is -2.31. The molecule has 2 aliphatic carbocycles. The number of thiazole rings is 1. The van der Waals surface area contributed by atoms with Crippen LogP contribution in [-0.4, -0.2) is 0 Å². The Morgan fingerprint density at radius 1 is 0.829 bits per heavy atom. The molecule has 3 aromatic rings. The lowest BCUT2D eigenvalue weighted by atomic mass is 9.74. The highest BCUT2D eigenvalue weighted by atomic mass is 32.2. The fraction of sp³-hybridized carbons (Fsp3) is 0.324. The fourth-order valence-electron chi connectivity index (χ4n) is 6.53. The van der Waals surface area contributed by atoms with Crippen molar-refractivity contribution in [2.24, 2.45) is 10.8 Å². The minimum Gasteiger partial charge on any atom is -0.349 e. The maximum Gasteiger partial charge on any atom is 0.263 e. The quantitative estimate of drug-likeness (QED) is 0.304. The summed E-state index contributed by atoms with van der Waals surface area (Å²) in [7, 11) is 0. The summed E-state index contributed by atoms with van der Waals surface area (Å²) >= 11 is 3.73. The van der Waals surface area contributed by atoms with Crippen LogP contribution in [0.25, 0.3) is 16.3 Å². The van der Waals surface area contributed by atoms with Gasteiger partial charge in [-0.1, -0.05) is 105 Å². The summed E-state index contributed by atoms with van der Waals surface area (Å²) in [6.07, 6.45) is 21.0. The Morgan fingerprint density at radius 2 is 1.54 bits per heavy atom. The number of hydrogen-bond donors (Lipinski definition) is 1. The summed E-state index contributed by atoms with van der Waals surface area (Å²) in [4.78, 5) is 1.31. The molecule has 0 radical (unpaired) electrons. The van der Waals surface area contributed by atoms with Crippen LogP contribution in [0.5, 0.6) is 0 Å². The predicted molar refractivity (Wildman–Crippen MR) is 179 cm³/mol. The average Bonchev–Trinajstić information content (AvgIpc) is 3.46. The first-order valence-corrected chi connectivity index (χ1v) is 16.5. The van der Waals surface area contributed by atoms with Crippen molar-refractivity contribution in [3.63, 3.8) is 0 Å². The second kappa shape index (κ2) is 11.3. The molecule has 2 nitrogen and oxygen atoms in total. The van der Waals surface area contributed by atoms with Crippen molar-refractivity contribution in [1.29, 1.82) is 0 Å². The maximum absolute atomic E-state index is 3.59. The molecule has 4 heteroatoms. The lowest BCUT2D eigenvalue weighted by Crippen LogP contribution is -2.33. The van der Waals surface area contributed by atoms with Crippen LogP contribution in [0.1, 0.15) is 65.3 Å². The van der Waals surface area contributed by atoms with Crippen LogP contribution in [0.4, 0.5) is 5.69 Å². The molecule has 41 heavy (non-hydrogen) atoms. The topological polar surface area (TPSA) is 15.9 Å². The minimum atomic E-state index is 0.247. The van der Waals surface area contributed by atoms with Gasteiger partial charge in [-0.2, -0.15) is 4.57 Å². The van der Waals surface area contributed by atoms with Crippen molar-refractivity contribution < 1.29 is 4.57 Å². The van der Waals surface area contributed by atoms with E-state index in [2.05, 4.69) is 136 Å². The summed E-state index contributed by atoms with van der Waals surface area (Å²) in [6, 6.07) is 17.3. The van der Waals surface area contributed by atoms with Crippen LogP contribution >= 0.6 is 23.1 Å². The molecule has 2 aromatic carbocycles. The third-order valence-corrected chi connectivity index (χ3v) is 10.2. The molecule has 2 heterocycles. The molecule has 1 aromatic heterocycles. The SMILES string of the molecule is CC[n+]1c(/C=C2/C=C(C=CC=C3C=C(/C=C4/Nc5ccccc5S4)CC(C)(C)C3)CC(C)(C)C2)sc2ccccc21. The zero-order valence-corrected chi connectivity index (χ0v) is 26.6. The number of thioether (sulfide) groups is 1. The first-order valence-electron chi connectivity index (χ1n) is 14.8. The van der Waals surface area contributed by atoms with Gasteiger partial charge in [0.25, 0.3) is 5.01 Å². The lowest BCUT2D eigenvalue weighted by molar-refractivity contribution is -0.665. The highest BCUT2D eigenvalue weighted by Crippen LogP contribution is 2.44. The van der Waals surface area contributed by atoms with Gasteiger partial charge in [0, 0.05) is 17.0 Å². The van der Waals surface area contributed by atoms with E-state index in [1.54, 1.807) is 0 Å². The van der Waals surface area contributed by atoms with Crippen LogP contribution in [0, 0.1) is 10.8 Å². The highest BCUT2D eigenvalue weighted by molar-refractivity contribution is 8.03. The number of para-hydroxylation sites is 2. The number of rotatable bonds is 5. The van der Waals surface area contributed by atoms with Crippen LogP contribution in [0.15, 0.2) is 117 Å². The van der Waals surface area contributed by atoms with E-state index >= 15 is 0 Å². The van der Waals surface area contributed by atoms with E-state index < -0.39 is 0 Å². The van der Waals surface area contributed by atoms with Gasteiger partial charge < -0.3 is 5.32 Å². The van der Waals surface area contributed by atoms with Crippen LogP contribution in [0.2, 0.25) is 0 Å². The Bertz CT molecular complexity index is 1640. The number of aromatic nitrogens is 1. The fourth-order valence-corrected chi connectivity index (χ4v) is 8.71. The summed E-state index contributed by atoms with van der Waals surface area (Å²) in [5.41, 5.74) is 8.70. The molecular weight excluding hydrogens is 537 g/mol. The standard InChI is InChI=1S/C37H40N2S2/c1-6-39-31-15-8-10-17-33(31)41-35(39)21-29-19-27(23-37(4,5)25-29)13-11-12-26-18-28(24-36(2,3)22-26)20-34-38-30-14-7-9-16-32(30)40-34/h7-21H,6,22-25H2,1-5H3/p+1. The summed E-state index contributed by atoms with van der Waals surface area (Å²) in [6.45, 7) is 12.8. The summed E-state index contributed by atoms with van der Waals surface area (Å²) in [5, 5.41) is 6.16. The molecule has 0 amide bonds. The average molecular weight is 578 g/mol. The van der Waals surface area contributed by atoms with Crippen molar-refractivity contribution in [3.8, 4) is 0 Å². The smallest absolute Gasteiger partial charge is 0.263 e. The van der Waals surface area contributed by atoms with E-state index in [9.17, 15) is 0 Å². The molecule has 0 bridgehead atoms. The number of nitrogens with one attached hydrogen (secondary N) is 1. The van der Waals surface area contributed by atoms with Gasteiger partial charge in [-0.25, -0.2) is 0 Å². The monoisotopic (exact) mass is 577 g/mol. The van der Waals surface area contributed by atoms with Gasteiger partial charge in [-0.15, -0.1) is 0 Å². The Hall–Kier alpha value is -3.08. The molecule has 3 aliphatic rings. The number of aryl methyl sites for hydroxylation is 1. The van der Waals surface area contributed by atoms with E-state index in [4.69, 9.17) is 0 Å². The van der Waals surface area contributed by atoms with E-state index in [0.29, 0.717) is 0 Å². The molecule has 1 N–H and O–H groups in total. The van der Waals surface area contributed by atoms with Crippen LogP contribution in [0.3, 0.4) is 0 Å². The maximum atomic E-state index is 3.59. The van der Waals surface area contributed by atoms with Crippen molar-refractivity contribution >= 4 is 45.1 Å². The largest absolute Gasteiger partial charge is 0.349 e. The van der Waals surface area contributed by atoms with Gasteiger partial charge >= 0.3 is 0 Å². The Labute approximate surface area is 254 Å². The predicted octanol–water partition coefficient (Wildman–Crippen LogP) is 10.6. The first-order chi connectivity index (χ1) is 19.7. The normalized spacial score (nSPS) is 22.8. The van der Waals surface area contributed by atoms with Crippen molar-refractivity contribution in [1.82, 2.24) is 0 Å². The zero-order chi connectivity index (χ0) is 28.6. The number of benzene rings is 2. The first kappa shape index (κ1) is 28.1. The summed E-state index contributed by atoms with van der Waals surface area (Å²) in [5.74, 6) is 0. The van der Waals surface area contributed by atoms with Crippen molar-refractivity contribution in [2.45, 2.75) is 71.7 Å². The van der Waals surface area contributed by atoms with Gasteiger partial charge in [0.15, 0.2) is 0 Å². The molecule has 210 valence electrons. The van der Waals surface area contributed by atoms with Gasteiger partial charge in [0.2, 0.25) is 5.52 Å². The van der Waals surface area contributed by atoms with Gasteiger partial charge in [-0.3, -0.25) is 0 Å². The minimum absolute atomic E-state index is 0.247. The second-order valence-electron chi connectivity index (χ2n) is 13.2. The number of anilines is 1. The van der Waals surface area contributed by atoms with Crippen LogP contribution < -0.4 is 9.88 Å². The third kappa shape index (κ3) is 6.55. The van der Waals surface area contributed by atoms with Crippen LogP contribution in [-0.2, 0) is 6.54 Å². The third-order valence-electron chi connectivity index (χ3n) is 8.04. The van der Waals surface area contributed by atoms with Gasteiger partial charge in [-0.05, 0) is 90.0 Å². The van der Waals surface area contributed by atoms with E-state index in [1.165, 1.54) is 53.1 Å². The van der Waals surface area contributed by atoms with E-state index in [0.717, 1.165) is 32.2 Å². The number of allylic oxidation sites excluding steroid dienone is 10. The van der Waals surface area contributed by atoms with Gasteiger partial charge in [0.05, 0.1) is 10.7 Å². The Kier molecular flexibility index (Phi) is 7.74. The molecule has 1 aliphatic heterocycles.